The molecule has 7 nitrogen and oxygen atoms in total. The van der Waals surface area contributed by atoms with E-state index < -0.39 is 33.9 Å². The van der Waals surface area contributed by atoms with Crippen LogP contribution in [0.2, 0.25) is 8.23 Å². The van der Waals surface area contributed by atoms with Gasteiger partial charge < -0.3 is 11.0 Å². The third kappa shape index (κ3) is 4.50. The zero-order valence-electron chi connectivity index (χ0n) is 12.0. The summed E-state index contributed by atoms with van der Waals surface area (Å²) in [6.07, 6.45) is 0.593. The Morgan fingerprint density at radius 1 is 1.47 bits per heavy atom. The fraction of sp³-hybridized carbons (Fsp3) is 0.800. The minimum absolute atomic E-state index is 0.0431. The van der Waals surface area contributed by atoms with Crippen molar-refractivity contribution in [2.45, 2.75) is 38.7 Å². The molecular weight excluding hydrogens is 269 g/mol. The van der Waals surface area contributed by atoms with Crippen LogP contribution in [0.15, 0.2) is 0 Å². The molecule has 0 aromatic rings. The Morgan fingerprint density at radius 3 is 2.68 bits per heavy atom. The lowest BCUT2D eigenvalue weighted by Crippen LogP contribution is -2.43. The van der Waals surface area contributed by atoms with Crippen molar-refractivity contribution in [1.29, 1.82) is 0 Å². The molecule has 0 aromatic carbocycles. The van der Waals surface area contributed by atoms with Gasteiger partial charge in [-0.2, -0.15) is 0 Å². The first kappa shape index (κ1) is 14.3. The summed E-state index contributed by atoms with van der Waals surface area (Å²) in [6, 6.07) is -0.891. The van der Waals surface area contributed by atoms with Gasteiger partial charge in [0, 0.05) is 12.1 Å². The number of carbonyl (C=O) groups is 2. The standard InChI is InChI=1S/C10H19BN3O4S/c1-3-19(17,18)14-6-4-7(9(12)15)8(5-6)13-10(16)11-2/h6-8,14H,3-5H2,1-2H3,(H2,12,15)(H,13,16)/t6?,7-,8-/m0/s1/i/hD. The maximum Gasteiger partial charge on any atom is 0.229 e. The molecule has 1 saturated carbocycles. The van der Waals surface area contributed by atoms with Gasteiger partial charge in [-0.05, 0) is 19.8 Å². The zero-order valence-corrected chi connectivity index (χ0v) is 11.8. The highest BCUT2D eigenvalue weighted by molar-refractivity contribution is 7.89. The molecule has 0 aliphatic heterocycles. The Bertz CT molecular complexity index is 473. The number of amides is 2. The van der Waals surface area contributed by atoms with Crippen LogP contribution in [0.25, 0.3) is 0 Å². The number of nitrogens with one attached hydrogen (secondary N) is 2. The summed E-state index contributed by atoms with van der Waals surface area (Å²) in [5.74, 6) is -1.50. The average molecular weight is 289 g/mol. The van der Waals surface area contributed by atoms with Crippen molar-refractivity contribution in [3.63, 3.8) is 0 Å². The highest BCUT2D eigenvalue weighted by atomic mass is 32.2. The zero-order chi connectivity index (χ0) is 15.3. The summed E-state index contributed by atoms with van der Waals surface area (Å²) in [5, 5.41) is 2.65. The number of nitrogens with two attached hydrogens (primary N) is 1. The van der Waals surface area contributed by atoms with E-state index in [9.17, 15) is 18.0 Å². The predicted molar refractivity (Wildman–Crippen MR) is 72.2 cm³/mol. The Balaban J connectivity index is 2.77. The highest BCUT2D eigenvalue weighted by Crippen LogP contribution is 2.26. The van der Waals surface area contributed by atoms with E-state index in [4.69, 9.17) is 1.41 Å². The summed E-state index contributed by atoms with van der Waals surface area (Å²) in [7, 11) is -2.03. The van der Waals surface area contributed by atoms with Crippen molar-refractivity contribution < 1.29 is 19.4 Å². The average Bonchev–Trinajstić information content (AvgIpc) is 2.79. The summed E-state index contributed by atoms with van der Waals surface area (Å²) < 4.78 is 32.5. The summed E-state index contributed by atoms with van der Waals surface area (Å²) >= 11 is 0. The number of hydrogen-bond acceptors (Lipinski definition) is 4. The third-order valence-electron chi connectivity index (χ3n) is 3.22. The summed E-state index contributed by atoms with van der Waals surface area (Å²) in [4.78, 5) is 23.0. The molecule has 1 fully saturated rings. The second-order valence-corrected chi connectivity index (χ2v) is 6.61. The van der Waals surface area contributed by atoms with Gasteiger partial charge in [-0.1, -0.05) is 6.82 Å². The fourth-order valence-corrected chi connectivity index (χ4v) is 3.05. The van der Waals surface area contributed by atoms with Crippen molar-refractivity contribution in [2.75, 3.05) is 5.75 Å². The summed E-state index contributed by atoms with van der Waals surface area (Å²) in [5.41, 5.74) is 1.80. The SMILES string of the molecule is [2H]NC(=O)[C@H]1CC(NS(=O)(=O)CC)C[C@@H]1NC(=O)[B]C. The van der Waals surface area contributed by atoms with E-state index in [0.29, 0.717) is 6.42 Å². The molecule has 0 heterocycles. The Morgan fingerprint density at radius 2 is 2.16 bits per heavy atom. The smallest absolute Gasteiger partial charge is 0.229 e. The van der Waals surface area contributed by atoms with Gasteiger partial charge in [-0.25, -0.2) is 13.1 Å². The van der Waals surface area contributed by atoms with Crippen LogP contribution in [-0.2, 0) is 14.8 Å². The normalized spacial score (nSPS) is 27.5. The van der Waals surface area contributed by atoms with E-state index in [1.807, 2.05) is 0 Å². The molecule has 1 rings (SSSR count). The topological polar surface area (TPSA) is 118 Å². The first-order chi connectivity index (χ1) is 9.32. The molecule has 0 spiro atoms. The van der Waals surface area contributed by atoms with Crippen molar-refractivity contribution in [3.05, 3.63) is 0 Å². The number of rotatable bonds is 6. The van der Waals surface area contributed by atoms with E-state index in [1.165, 1.54) is 14.2 Å². The van der Waals surface area contributed by atoms with Crippen LogP contribution in [-0.4, -0.2) is 45.2 Å². The molecule has 19 heavy (non-hydrogen) atoms. The van der Waals surface area contributed by atoms with Crippen LogP contribution in [0.1, 0.15) is 19.8 Å². The lowest BCUT2D eigenvalue weighted by atomic mass is 9.81. The van der Waals surface area contributed by atoms with Crippen LogP contribution in [0.3, 0.4) is 0 Å². The fourth-order valence-electron chi connectivity index (χ4n) is 2.19. The minimum atomic E-state index is -3.37. The molecule has 0 aromatic heterocycles. The van der Waals surface area contributed by atoms with E-state index in [0.717, 1.165) is 0 Å². The molecule has 1 aliphatic rings. The van der Waals surface area contributed by atoms with Crippen LogP contribution in [0, 0.1) is 5.92 Å². The maximum atomic E-state index is 11.6. The largest absolute Gasteiger partial charge is 0.369 e. The van der Waals surface area contributed by atoms with Gasteiger partial charge in [0.05, 0.1) is 11.7 Å². The highest BCUT2D eigenvalue weighted by Gasteiger charge is 2.39. The number of sulfonamides is 1. The second kappa shape index (κ2) is 6.38. The van der Waals surface area contributed by atoms with Gasteiger partial charge in [0.2, 0.25) is 23.2 Å². The van der Waals surface area contributed by atoms with Crippen molar-refractivity contribution in [1.82, 2.24) is 10.0 Å². The van der Waals surface area contributed by atoms with Crippen molar-refractivity contribution in [3.8, 4) is 0 Å². The molecule has 4 N–H and O–H groups in total. The number of primary amides is 1. The van der Waals surface area contributed by atoms with Gasteiger partial charge in [-0.3, -0.25) is 9.59 Å². The molecule has 0 bridgehead atoms. The molecule has 1 radical (unpaired) electrons. The third-order valence-corrected chi connectivity index (χ3v) is 4.67. The van der Waals surface area contributed by atoms with Crippen LogP contribution < -0.4 is 15.8 Å². The Hall–Kier alpha value is -1.09. The van der Waals surface area contributed by atoms with E-state index in [1.54, 1.807) is 12.5 Å². The molecule has 1 unspecified atom stereocenters. The molecular formula is C10H19BN3O4S. The molecule has 3 atom stereocenters. The van der Waals surface area contributed by atoms with Crippen LogP contribution in [0.5, 0.6) is 0 Å². The lowest BCUT2D eigenvalue weighted by Gasteiger charge is -2.17. The number of hydrogen-bond donors (Lipinski definition) is 3. The summed E-state index contributed by atoms with van der Waals surface area (Å²) in [6.45, 7) is 3.09. The molecule has 9 heteroatoms. The molecule has 0 saturated heterocycles. The van der Waals surface area contributed by atoms with Crippen LogP contribution >= 0.6 is 0 Å². The van der Waals surface area contributed by atoms with Crippen molar-refractivity contribution in [2.24, 2.45) is 11.6 Å². The van der Waals surface area contributed by atoms with Crippen molar-refractivity contribution >= 4 is 29.0 Å². The minimum Gasteiger partial charge on any atom is -0.369 e. The second-order valence-electron chi connectivity index (χ2n) is 4.56. The van der Waals surface area contributed by atoms with E-state index >= 15 is 0 Å². The Labute approximate surface area is 115 Å². The van der Waals surface area contributed by atoms with Crippen LogP contribution in [0.4, 0.5) is 4.79 Å². The molecule has 1 aliphatic carbocycles. The lowest BCUT2D eigenvalue weighted by molar-refractivity contribution is -0.122. The molecule has 107 valence electrons. The van der Waals surface area contributed by atoms with Gasteiger partial charge in [0.1, 0.15) is 0 Å². The maximum absolute atomic E-state index is 11.6. The Kier molecular flexibility index (Phi) is 4.81. The molecule has 2 amide bonds. The monoisotopic (exact) mass is 289 g/mol. The number of carbonyl (C=O) groups excluding carboxylic acids is 2. The van der Waals surface area contributed by atoms with Gasteiger partial charge in [-0.15, -0.1) is 0 Å². The first-order valence-corrected chi connectivity index (χ1v) is 7.79. The first-order valence-electron chi connectivity index (χ1n) is 6.64. The van der Waals surface area contributed by atoms with E-state index in [2.05, 4.69) is 10.0 Å². The van der Waals surface area contributed by atoms with E-state index in [-0.39, 0.29) is 18.0 Å². The predicted octanol–water partition coefficient (Wildman–Crippen LogP) is -0.980. The van der Waals surface area contributed by atoms with Gasteiger partial charge >= 0.3 is 0 Å². The van der Waals surface area contributed by atoms with Gasteiger partial charge in [0.15, 0.2) is 7.22 Å². The quantitative estimate of drug-likeness (QED) is 0.544. The van der Waals surface area contributed by atoms with Gasteiger partial charge in [0.25, 0.3) is 0 Å².